The van der Waals surface area contributed by atoms with Crippen LogP contribution < -0.4 is 18.9 Å². The summed E-state index contributed by atoms with van der Waals surface area (Å²) in [6.45, 7) is 8.63. The van der Waals surface area contributed by atoms with Crippen LogP contribution in [0.4, 0.5) is 0 Å². The number of carbonyl (C=O) groups is 2. The number of carbonyl (C=O) groups excluding carboxylic acids is 2. The van der Waals surface area contributed by atoms with Gasteiger partial charge in [-0.05, 0) is 80.3 Å². The zero-order valence-electron chi connectivity index (χ0n) is 32.4. The summed E-state index contributed by atoms with van der Waals surface area (Å²) in [5.41, 5.74) is 2.14. The van der Waals surface area contributed by atoms with Crippen molar-refractivity contribution in [3.8, 4) is 23.0 Å². The van der Waals surface area contributed by atoms with Gasteiger partial charge in [0, 0.05) is 38.9 Å². The Morgan fingerprint density at radius 1 is 0.527 bits per heavy atom. The van der Waals surface area contributed by atoms with E-state index >= 15 is 0 Å². The minimum Gasteiger partial charge on any atom is -0.490 e. The van der Waals surface area contributed by atoms with Crippen LogP contribution in [0, 0.1) is 13.8 Å². The highest BCUT2D eigenvalue weighted by Crippen LogP contribution is 2.44. The van der Waals surface area contributed by atoms with Crippen LogP contribution in [0.5, 0.6) is 23.0 Å². The molecule has 2 atom stereocenters. The summed E-state index contributed by atoms with van der Waals surface area (Å²) in [5.74, 6) is 2.11. The Morgan fingerprint density at radius 3 is 1.45 bits per heavy atom. The summed E-state index contributed by atoms with van der Waals surface area (Å²) < 4.78 is 38.3. The van der Waals surface area contributed by atoms with Gasteiger partial charge in [0.1, 0.15) is 49.4 Å². The molecule has 0 saturated heterocycles. The van der Waals surface area contributed by atoms with Gasteiger partial charge < -0.3 is 28.4 Å². The molecule has 5 rings (SSSR count). The third-order valence-electron chi connectivity index (χ3n) is 9.13. The molecule has 0 amide bonds. The van der Waals surface area contributed by atoms with Gasteiger partial charge in [-0.1, -0.05) is 104 Å². The standard InChI is InChI=1S/C46H53BrO8/c1-5-7-9-21-43(48)54-37(28-50-35-17-13-15-32(3)25-35)30-52-45-39-19-11-12-20-40(39)46(42-27-34(47)23-24-41(42)45)53-31-38(55-44(49)22-10-8-6-2)29-51-36-18-14-16-33(4)26-36/h11-20,23-27,37-38H,5-10,21-22,28-31H2,1-4H3. The van der Waals surface area contributed by atoms with Crippen LogP contribution in [-0.2, 0) is 19.1 Å². The third kappa shape index (κ3) is 12.6. The van der Waals surface area contributed by atoms with E-state index in [1.807, 2.05) is 105 Å². The van der Waals surface area contributed by atoms with Gasteiger partial charge >= 0.3 is 11.9 Å². The molecule has 292 valence electrons. The summed E-state index contributed by atoms with van der Waals surface area (Å²) >= 11 is 3.66. The summed E-state index contributed by atoms with van der Waals surface area (Å²) in [4.78, 5) is 25.8. The van der Waals surface area contributed by atoms with Crippen molar-refractivity contribution in [3.63, 3.8) is 0 Å². The maximum Gasteiger partial charge on any atom is 0.306 e. The number of ether oxygens (including phenoxy) is 6. The van der Waals surface area contributed by atoms with Crippen molar-refractivity contribution >= 4 is 49.4 Å². The monoisotopic (exact) mass is 812 g/mol. The molecule has 5 aromatic rings. The van der Waals surface area contributed by atoms with Gasteiger partial charge in [0.05, 0.1) is 0 Å². The number of fused-ring (bicyclic) bond motifs is 2. The molecule has 2 unspecified atom stereocenters. The lowest BCUT2D eigenvalue weighted by Crippen LogP contribution is -2.31. The van der Waals surface area contributed by atoms with E-state index in [-0.39, 0.29) is 38.4 Å². The number of hydrogen-bond acceptors (Lipinski definition) is 8. The zero-order valence-corrected chi connectivity index (χ0v) is 34.0. The zero-order chi connectivity index (χ0) is 39.0. The lowest BCUT2D eigenvalue weighted by atomic mass is 10.0. The number of benzene rings is 5. The quantitative estimate of drug-likeness (QED) is 0.0388. The van der Waals surface area contributed by atoms with E-state index in [0.717, 1.165) is 75.7 Å². The Labute approximate surface area is 333 Å². The number of rotatable bonds is 22. The largest absolute Gasteiger partial charge is 0.490 e. The maximum atomic E-state index is 12.9. The first-order valence-corrected chi connectivity index (χ1v) is 20.2. The fourth-order valence-electron chi connectivity index (χ4n) is 6.28. The Balaban J connectivity index is 1.42. The van der Waals surface area contributed by atoms with E-state index in [1.54, 1.807) is 0 Å². The molecule has 0 spiro atoms. The van der Waals surface area contributed by atoms with Crippen LogP contribution in [0.15, 0.2) is 95.5 Å². The van der Waals surface area contributed by atoms with Gasteiger partial charge in [-0.25, -0.2) is 0 Å². The van der Waals surface area contributed by atoms with Gasteiger partial charge in [0.15, 0.2) is 12.2 Å². The van der Waals surface area contributed by atoms with Gasteiger partial charge in [-0.3, -0.25) is 9.59 Å². The lowest BCUT2D eigenvalue weighted by Gasteiger charge is -2.23. The Bertz CT molecular complexity index is 2010. The smallest absolute Gasteiger partial charge is 0.306 e. The van der Waals surface area contributed by atoms with Crippen molar-refractivity contribution in [1.29, 1.82) is 0 Å². The summed E-state index contributed by atoms with van der Waals surface area (Å²) in [6, 6.07) is 29.3. The van der Waals surface area contributed by atoms with Crippen LogP contribution in [-0.4, -0.2) is 50.6 Å². The second-order valence-electron chi connectivity index (χ2n) is 13.9. The first kappa shape index (κ1) is 41.4. The van der Waals surface area contributed by atoms with E-state index in [9.17, 15) is 9.59 Å². The minimum atomic E-state index is -0.660. The van der Waals surface area contributed by atoms with Crippen molar-refractivity contribution in [2.24, 2.45) is 0 Å². The van der Waals surface area contributed by atoms with E-state index in [0.29, 0.717) is 35.8 Å². The molecule has 5 aromatic carbocycles. The van der Waals surface area contributed by atoms with Crippen molar-refractivity contribution in [2.75, 3.05) is 26.4 Å². The van der Waals surface area contributed by atoms with Crippen LogP contribution in [0.1, 0.15) is 76.3 Å². The molecule has 0 saturated carbocycles. The molecule has 0 bridgehead atoms. The fraction of sp³-hybridized carbons (Fsp3) is 0.391. The van der Waals surface area contributed by atoms with Gasteiger partial charge in [-0.15, -0.1) is 0 Å². The number of hydrogen-bond donors (Lipinski definition) is 0. The SMILES string of the molecule is CCCCCC(=O)OC(COc1cccc(C)c1)COc1c2ccccc2c(OCC(COc2cccc(C)c2)OC(=O)CCCCC)c2cc(Br)ccc12. The first-order valence-electron chi connectivity index (χ1n) is 19.4. The van der Waals surface area contributed by atoms with Gasteiger partial charge in [-0.2, -0.15) is 0 Å². The van der Waals surface area contributed by atoms with E-state index in [2.05, 4.69) is 29.8 Å². The molecule has 0 aliphatic carbocycles. The summed E-state index contributed by atoms with van der Waals surface area (Å²) in [5, 5.41) is 3.26. The number of unbranched alkanes of at least 4 members (excludes halogenated alkanes) is 4. The van der Waals surface area contributed by atoms with Crippen molar-refractivity contribution < 1.29 is 38.0 Å². The normalized spacial score (nSPS) is 12.2. The van der Waals surface area contributed by atoms with Crippen molar-refractivity contribution in [1.82, 2.24) is 0 Å². The highest BCUT2D eigenvalue weighted by molar-refractivity contribution is 9.10. The molecule has 9 heteroatoms. The van der Waals surface area contributed by atoms with Gasteiger partial charge in [0.2, 0.25) is 0 Å². The van der Waals surface area contributed by atoms with E-state index in [4.69, 9.17) is 28.4 Å². The number of esters is 2. The Kier molecular flexibility index (Phi) is 16.1. The molecular formula is C46H53BrO8. The molecule has 8 nitrogen and oxygen atoms in total. The highest BCUT2D eigenvalue weighted by Gasteiger charge is 2.23. The van der Waals surface area contributed by atoms with Crippen LogP contribution >= 0.6 is 15.9 Å². The van der Waals surface area contributed by atoms with Crippen LogP contribution in [0.2, 0.25) is 0 Å². The summed E-state index contributed by atoms with van der Waals surface area (Å²) in [7, 11) is 0. The molecule has 0 fully saturated rings. The fourth-order valence-corrected chi connectivity index (χ4v) is 6.65. The molecule has 0 aliphatic rings. The molecule has 0 radical (unpaired) electrons. The number of aryl methyl sites for hydroxylation is 2. The Morgan fingerprint density at radius 2 is 0.982 bits per heavy atom. The van der Waals surface area contributed by atoms with Crippen LogP contribution in [0.25, 0.3) is 21.5 Å². The minimum absolute atomic E-state index is 0.0729. The Hall–Kier alpha value is -4.76. The predicted molar refractivity (Wildman–Crippen MR) is 222 cm³/mol. The molecular weight excluding hydrogens is 760 g/mol. The predicted octanol–water partition coefficient (Wildman–Crippen LogP) is 11.3. The lowest BCUT2D eigenvalue weighted by molar-refractivity contribution is -0.153. The van der Waals surface area contributed by atoms with E-state index in [1.165, 1.54) is 0 Å². The molecule has 55 heavy (non-hydrogen) atoms. The molecule has 0 heterocycles. The van der Waals surface area contributed by atoms with E-state index < -0.39 is 12.2 Å². The molecule has 0 N–H and O–H groups in total. The first-order chi connectivity index (χ1) is 26.7. The maximum absolute atomic E-state index is 12.9. The van der Waals surface area contributed by atoms with Crippen LogP contribution in [0.3, 0.4) is 0 Å². The number of halogens is 1. The average Bonchev–Trinajstić information content (AvgIpc) is 3.17. The average molecular weight is 814 g/mol. The second kappa shape index (κ2) is 21.4. The van der Waals surface area contributed by atoms with Crippen molar-refractivity contribution in [3.05, 3.63) is 107 Å². The second-order valence-corrected chi connectivity index (χ2v) is 14.8. The van der Waals surface area contributed by atoms with Crippen molar-refractivity contribution in [2.45, 2.75) is 91.3 Å². The molecule has 0 aliphatic heterocycles. The van der Waals surface area contributed by atoms with Gasteiger partial charge in [0.25, 0.3) is 0 Å². The highest BCUT2D eigenvalue weighted by atomic mass is 79.9. The molecule has 0 aromatic heterocycles. The topological polar surface area (TPSA) is 89.5 Å². The third-order valence-corrected chi connectivity index (χ3v) is 9.62. The summed E-state index contributed by atoms with van der Waals surface area (Å²) in [6.07, 6.45) is 4.84.